The highest BCUT2D eigenvalue weighted by Gasteiger charge is 2.18. The summed E-state index contributed by atoms with van der Waals surface area (Å²) in [6.45, 7) is 2.66. The zero-order valence-corrected chi connectivity index (χ0v) is 16.7. The number of hydrazone groups is 1. The third-order valence-electron chi connectivity index (χ3n) is 3.65. The predicted octanol–water partition coefficient (Wildman–Crippen LogP) is 4.32. The van der Waals surface area contributed by atoms with Gasteiger partial charge in [0.1, 0.15) is 17.5 Å². The van der Waals surface area contributed by atoms with Gasteiger partial charge in [0.25, 0.3) is 5.69 Å². The standard InChI is InChI=1S/C17H23BrN6O3/c1-2-3-4-5-6-7-8-27-16-10-13(15(24(25)26)9-12(16)18)22-23-14(11-19)17(20)21/h9-10,22H,2-8H2,1H3,(H3,20,21)/b23-14+. The summed E-state index contributed by atoms with van der Waals surface area (Å²) in [5.74, 6) is -0.113. The summed E-state index contributed by atoms with van der Waals surface area (Å²) in [7, 11) is 0. The lowest BCUT2D eigenvalue weighted by Gasteiger charge is -2.11. The molecule has 0 aliphatic carbocycles. The Morgan fingerprint density at radius 1 is 1.41 bits per heavy atom. The zero-order chi connectivity index (χ0) is 20.2. The first kappa shape index (κ1) is 22.4. The fourth-order valence-corrected chi connectivity index (χ4v) is 2.67. The van der Waals surface area contributed by atoms with Crippen LogP contribution < -0.4 is 15.9 Å². The number of nitro groups is 1. The fraction of sp³-hybridized carbons (Fsp3) is 0.471. The summed E-state index contributed by atoms with van der Waals surface area (Å²) in [6.07, 6.45) is 6.74. The number of ether oxygens (including phenoxy) is 1. The van der Waals surface area contributed by atoms with Gasteiger partial charge in [0, 0.05) is 12.1 Å². The van der Waals surface area contributed by atoms with Crippen molar-refractivity contribution in [2.75, 3.05) is 12.0 Å². The van der Waals surface area contributed by atoms with Gasteiger partial charge in [-0.1, -0.05) is 39.0 Å². The van der Waals surface area contributed by atoms with Gasteiger partial charge in [-0.3, -0.25) is 20.9 Å². The lowest BCUT2D eigenvalue weighted by atomic mass is 10.1. The molecule has 9 nitrogen and oxygen atoms in total. The van der Waals surface area contributed by atoms with Crippen molar-refractivity contribution in [1.29, 1.82) is 10.7 Å². The van der Waals surface area contributed by atoms with E-state index >= 15 is 0 Å². The van der Waals surface area contributed by atoms with Crippen molar-refractivity contribution in [2.45, 2.75) is 45.4 Å². The number of anilines is 1. The maximum absolute atomic E-state index is 11.2. The second-order valence-electron chi connectivity index (χ2n) is 5.77. The SMILES string of the molecule is CCCCCCCCOc1cc(N/N=C(\C#N)C(=N)N)c([N+](=O)[O-])cc1Br. The molecular weight excluding hydrogens is 416 g/mol. The van der Waals surface area contributed by atoms with Crippen LogP contribution in [0.4, 0.5) is 11.4 Å². The fourth-order valence-electron chi connectivity index (χ4n) is 2.22. The number of benzene rings is 1. The Kier molecular flexibility index (Phi) is 9.82. The van der Waals surface area contributed by atoms with E-state index in [4.69, 9.17) is 21.1 Å². The summed E-state index contributed by atoms with van der Waals surface area (Å²) >= 11 is 3.27. The molecule has 0 saturated heterocycles. The van der Waals surface area contributed by atoms with E-state index in [0.29, 0.717) is 16.8 Å². The minimum Gasteiger partial charge on any atom is -0.492 e. The molecule has 27 heavy (non-hydrogen) atoms. The number of nitrogens with zero attached hydrogens (tertiary/aromatic N) is 3. The van der Waals surface area contributed by atoms with Gasteiger partial charge in [0.2, 0.25) is 5.71 Å². The molecule has 1 aromatic carbocycles. The zero-order valence-electron chi connectivity index (χ0n) is 15.1. The van der Waals surface area contributed by atoms with E-state index in [1.165, 1.54) is 31.4 Å². The van der Waals surface area contributed by atoms with Crippen molar-refractivity contribution < 1.29 is 9.66 Å². The molecule has 0 unspecified atom stereocenters. The van der Waals surface area contributed by atoms with Crippen molar-refractivity contribution in [1.82, 2.24) is 0 Å². The lowest BCUT2D eigenvalue weighted by molar-refractivity contribution is -0.384. The van der Waals surface area contributed by atoms with Crippen LogP contribution in [-0.2, 0) is 0 Å². The number of nitrogens with one attached hydrogen (secondary N) is 2. The first-order chi connectivity index (χ1) is 12.9. The molecule has 1 rings (SSSR count). The van der Waals surface area contributed by atoms with Gasteiger partial charge in [0.05, 0.1) is 16.0 Å². The van der Waals surface area contributed by atoms with Crippen molar-refractivity contribution in [3.8, 4) is 11.8 Å². The van der Waals surface area contributed by atoms with E-state index in [0.717, 1.165) is 19.3 Å². The molecule has 146 valence electrons. The topological polar surface area (TPSA) is 150 Å². The number of hydrogen-bond acceptors (Lipinski definition) is 7. The minimum absolute atomic E-state index is 0.0372. The number of amidine groups is 1. The Hall–Kier alpha value is -2.67. The number of hydrogen-bond donors (Lipinski definition) is 3. The number of unbranched alkanes of at least 4 members (excludes halogenated alkanes) is 5. The van der Waals surface area contributed by atoms with Gasteiger partial charge in [-0.15, -0.1) is 0 Å². The Morgan fingerprint density at radius 2 is 2.07 bits per heavy atom. The smallest absolute Gasteiger partial charge is 0.295 e. The molecule has 4 N–H and O–H groups in total. The number of nitriles is 1. The molecule has 0 fully saturated rings. The molecule has 10 heteroatoms. The van der Waals surface area contributed by atoms with Crippen LogP contribution in [0.3, 0.4) is 0 Å². The average molecular weight is 439 g/mol. The predicted molar refractivity (Wildman–Crippen MR) is 108 cm³/mol. The maximum atomic E-state index is 11.2. The quantitative estimate of drug-likeness (QED) is 0.145. The van der Waals surface area contributed by atoms with Gasteiger partial charge in [0.15, 0.2) is 5.84 Å². The first-order valence-electron chi connectivity index (χ1n) is 8.59. The van der Waals surface area contributed by atoms with Crippen molar-refractivity contribution in [3.63, 3.8) is 0 Å². The van der Waals surface area contributed by atoms with Crippen LogP contribution in [0, 0.1) is 26.9 Å². The molecular formula is C17H23BrN6O3. The summed E-state index contributed by atoms with van der Waals surface area (Å²) in [6, 6.07) is 4.37. The third kappa shape index (κ3) is 7.62. The lowest BCUT2D eigenvalue weighted by Crippen LogP contribution is -2.22. The van der Waals surface area contributed by atoms with E-state index < -0.39 is 10.8 Å². The molecule has 1 aromatic rings. The van der Waals surface area contributed by atoms with Gasteiger partial charge >= 0.3 is 0 Å². The molecule has 0 radical (unpaired) electrons. The maximum Gasteiger partial charge on any atom is 0.295 e. The van der Waals surface area contributed by atoms with Crippen molar-refractivity contribution >= 4 is 38.9 Å². The van der Waals surface area contributed by atoms with Gasteiger partial charge in [-0.05, 0) is 22.4 Å². The van der Waals surface area contributed by atoms with Crippen LogP contribution in [-0.4, -0.2) is 23.1 Å². The van der Waals surface area contributed by atoms with E-state index in [2.05, 4.69) is 33.4 Å². The average Bonchev–Trinajstić information content (AvgIpc) is 2.62. The van der Waals surface area contributed by atoms with Crippen LogP contribution in [0.1, 0.15) is 45.4 Å². The monoisotopic (exact) mass is 438 g/mol. The number of nitrogens with two attached hydrogens (primary N) is 1. The molecule has 0 heterocycles. The first-order valence-corrected chi connectivity index (χ1v) is 9.38. The summed E-state index contributed by atoms with van der Waals surface area (Å²) < 4.78 is 6.16. The van der Waals surface area contributed by atoms with Gasteiger partial charge in [-0.25, -0.2) is 0 Å². The Morgan fingerprint density at radius 3 is 2.67 bits per heavy atom. The van der Waals surface area contributed by atoms with E-state index in [1.807, 2.05) is 0 Å². The van der Waals surface area contributed by atoms with Crippen LogP contribution >= 0.6 is 15.9 Å². The number of nitro benzene ring substituents is 1. The molecule has 0 amide bonds. The summed E-state index contributed by atoms with van der Waals surface area (Å²) in [4.78, 5) is 10.7. The van der Waals surface area contributed by atoms with Crippen LogP contribution in [0.15, 0.2) is 21.7 Å². The molecule has 0 bridgehead atoms. The molecule has 0 spiro atoms. The third-order valence-corrected chi connectivity index (χ3v) is 4.27. The highest BCUT2D eigenvalue weighted by Crippen LogP contribution is 2.36. The largest absolute Gasteiger partial charge is 0.492 e. The van der Waals surface area contributed by atoms with Crippen molar-refractivity contribution in [3.05, 3.63) is 26.7 Å². The second kappa shape index (κ2) is 11.9. The summed E-state index contributed by atoms with van der Waals surface area (Å²) in [5.41, 5.74) is 7.05. The van der Waals surface area contributed by atoms with E-state index in [-0.39, 0.29) is 17.1 Å². The highest BCUT2D eigenvalue weighted by atomic mass is 79.9. The summed E-state index contributed by atoms with van der Waals surface area (Å²) in [5, 5.41) is 31.0. The van der Waals surface area contributed by atoms with E-state index in [9.17, 15) is 10.1 Å². The Labute approximate surface area is 166 Å². The van der Waals surface area contributed by atoms with E-state index in [1.54, 1.807) is 6.07 Å². The normalized spacial score (nSPS) is 10.9. The number of halogens is 1. The molecule has 0 aromatic heterocycles. The van der Waals surface area contributed by atoms with Gasteiger partial charge < -0.3 is 10.5 Å². The minimum atomic E-state index is -0.583. The number of rotatable bonds is 12. The molecule has 0 saturated carbocycles. The van der Waals surface area contributed by atoms with Gasteiger partial charge in [-0.2, -0.15) is 10.4 Å². The Balaban J connectivity index is 2.84. The van der Waals surface area contributed by atoms with Crippen LogP contribution in [0.5, 0.6) is 5.75 Å². The van der Waals surface area contributed by atoms with Crippen molar-refractivity contribution in [2.24, 2.45) is 10.8 Å². The van der Waals surface area contributed by atoms with Crippen LogP contribution in [0.25, 0.3) is 0 Å². The molecule has 0 aliphatic rings. The molecule has 0 atom stereocenters. The second-order valence-corrected chi connectivity index (χ2v) is 6.63. The van der Waals surface area contributed by atoms with Crippen LogP contribution in [0.2, 0.25) is 0 Å². The molecule has 0 aliphatic heterocycles. The Bertz CT molecular complexity index is 745. The highest BCUT2D eigenvalue weighted by molar-refractivity contribution is 9.10.